The number of carbonyl (C=O) groups excluding carboxylic acids is 1. The number of nitrogens with one attached hydrogen (secondary N) is 1. The standard InChI is InChI=1S/C15H21F3N4O2/c1-21-6-3-7-22(9-8-21)14(23)20-10-12-4-2-5-19-13(12)24-11-15(16,17)18/h2,4-5H,3,6-11H2,1H3,(H,20,23). The predicted octanol–water partition coefficient (Wildman–Crippen LogP) is 1.87. The van der Waals surface area contributed by atoms with Crippen molar-refractivity contribution >= 4 is 6.03 Å². The average molecular weight is 346 g/mol. The third kappa shape index (κ3) is 5.88. The molecule has 0 atom stereocenters. The summed E-state index contributed by atoms with van der Waals surface area (Å²) in [6, 6.07) is 2.92. The second-order valence-corrected chi connectivity index (χ2v) is 5.67. The van der Waals surface area contributed by atoms with Crippen LogP contribution >= 0.6 is 0 Å². The maximum absolute atomic E-state index is 12.3. The fourth-order valence-corrected chi connectivity index (χ4v) is 2.37. The van der Waals surface area contributed by atoms with Gasteiger partial charge < -0.3 is 19.9 Å². The highest BCUT2D eigenvalue weighted by molar-refractivity contribution is 5.74. The molecular formula is C15H21F3N4O2. The summed E-state index contributed by atoms with van der Waals surface area (Å²) in [5, 5.41) is 2.72. The molecule has 0 spiro atoms. The molecule has 1 aliphatic rings. The van der Waals surface area contributed by atoms with Crippen molar-refractivity contribution in [3.05, 3.63) is 23.9 Å². The largest absolute Gasteiger partial charge is 0.468 e. The first-order valence-electron chi connectivity index (χ1n) is 7.70. The number of alkyl halides is 3. The van der Waals surface area contributed by atoms with Gasteiger partial charge in [0.15, 0.2) is 6.61 Å². The monoisotopic (exact) mass is 346 g/mol. The first-order valence-corrected chi connectivity index (χ1v) is 7.70. The van der Waals surface area contributed by atoms with Gasteiger partial charge in [0, 0.05) is 37.9 Å². The number of amides is 2. The normalized spacial score (nSPS) is 16.6. The lowest BCUT2D eigenvalue weighted by Crippen LogP contribution is -2.41. The van der Waals surface area contributed by atoms with Crippen molar-refractivity contribution in [3.63, 3.8) is 0 Å². The van der Waals surface area contributed by atoms with E-state index in [1.165, 1.54) is 6.20 Å². The number of likely N-dealkylation sites (N-methyl/N-ethyl adjacent to an activating group) is 1. The van der Waals surface area contributed by atoms with Gasteiger partial charge in [-0.05, 0) is 26.1 Å². The lowest BCUT2D eigenvalue weighted by molar-refractivity contribution is -0.154. The summed E-state index contributed by atoms with van der Waals surface area (Å²) in [4.78, 5) is 19.9. The number of urea groups is 1. The molecule has 0 aliphatic carbocycles. The Bertz CT molecular complexity index is 554. The van der Waals surface area contributed by atoms with Gasteiger partial charge in [-0.25, -0.2) is 9.78 Å². The van der Waals surface area contributed by atoms with E-state index in [0.29, 0.717) is 18.7 Å². The molecule has 0 saturated carbocycles. The Morgan fingerprint density at radius 1 is 1.33 bits per heavy atom. The minimum Gasteiger partial charge on any atom is -0.468 e. The van der Waals surface area contributed by atoms with Gasteiger partial charge in [0.1, 0.15) is 0 Å². The van der Waals surface area contributed by atoms with Crippen molar-refractivity contribution in [1.82, 2.24) is 20.1 Å². The van der Waals surface area contributed by atoms with Crippen molar-refractivity contribution in [1.29, 1.82) is 0 Å². The van der Waals surface area contributed by atoms with Gasteiger partial charge in [-0.15, -0.1) is 0 Å². The quantitative estimate of drug-likeness (QED) is 0.904. The molecule has 0 aromatic carbocycles. The van der Waals surface area contributed by atoms with Gasteiger partial charge in [0.25, 0.3) is 0 Å². The van der Waals surface area contributed by atoms with E-state index in [2.05, 4.69) is 15.2 Å². The Hall–Kier alpha value is -2.03. The summed E-state index contributed by atoms with van der Waals surface area (Å²) in [5.41, 5.74) is 0.405. The van der Waals surface area contributed by atoms with Crippen molar-refractivity contribution in [2.75, 3.05) is 39.8 Å². The third-order valence-corrected chi connectivity index (χ3v) is 3.66. The molecule has 9 heteroatoms. The molecule has 1 aliphatic heterocycles. The van der Waals surface area contributed by atoms with Gasteiger partial charge in [-0.1, -0.05) is 6.07 Å². The maximum atomic E-state index is 12.3. The topological polar surface area (TPSA) is 57.7 Å². The average Bonchev–Trinajstić information content (AvgIpc) is 2.75. The first-order chi connectivity index (χ1) is 11.3. The zero-order valence-electron chi connectivity index (χ0n) is 13.5. The number of hydrogen-bond donors (Lipinski definition) is 1. The molecule has 2 heterocycles. The number of nitrogens with zero attached hydrogens (tertiary/aromatic N) is 3. The second kappa shape index (κ2) is 8.18. The van der Waals surface area contributed by atoms with Crippen molar-refractivity contribution in [2.45, 2.75) is 19.1 Å². The zero-order chi connectivity index (χ0) is 17.6. The Morgan fingerprint density at radius 2 is 2.12 bits per heavy atom. The second-order valence-electron chi connectivity index (χ2n) is 5.67. The van der Waals surface area contributed by atoms with Crippen LogP contribution in [0.4, 0.5) is 18.0 Å². The van der Waals surface area contributed by atoms with Gasteiger partial charge in [0.2, 0.25) is 5.88 Å². The molecule has 1 aromatic heterocycles. The third-order valence-electron chi connectivity index (χ3n) is 3.66. The molecule has 0 radical (unpaired) electrons. The molecule has 2 amide bonds. The van der Waals surface area contributed by atoms with E-state index in [4.69, 9.17) is 4.74 Å². The molecule has 1 N–H and O–H groups in total. The van der Waals surface area contributed by atoms with Gasteiger partial charge in [0.05, 0.1) is 0 Å². The number of ether oxygens (including phenoxy) is 1. The van der Waals surface area contributed by atoms with E-state index < -0.39 is 12.8 Å². The van der Waals surface area contributed by atoms with Gasteiger partial charge in [-0.2, -0.15) is 13.2 Å². The van der Waals surface area contributed by atoms with E-state index in [1.54, 1.807) is 17.0 Å². The molecule has 6 nitrogen and oxygen atoms in total. The molecular weight excluding hydrogens is 325 g/mol. The van der Waals surface area contributed by atoms with Crippen LogP contribution in [0.25, 0.3) is 0 Å². The van der Waals surface area contributed by atoms with Crippen LogP contribution in [0, 0.1) is 0 Å². The lowest BCUT2D eigenvalue weighted by Gasteiger charge is -2.21. The molecule has 1 saturated heterocycles. The van der Waals surface area contributed by atoms with Crippen LogP contribution in [-0.4, -0.2) is 66.8 Å². The van der Waals surface area contributed by atoms with Crippen LogP contribution in [0.3, 0.4) is 0 Å². The molecule has 0 unspecified atom stereocenters. The molecule has 1 aromatic rings. The summed E-state index contributed by atoms with van der Waals surface area (Å²) in [7, 11) is 2.00. The zero-order valence-corrected chi connectivity index (χ0v) is 13.5. The summed E-state index contributed by atoms with van der Waals surface area (Å²) in [6.07, 6.45) is -2.20. The van der Waals surface area contributed by atoms with Crippen LogP contribution in [0.2, 0.25) is 0 Å². The smallest absolute Gasteiger partial charge is 0.422 e. The Balaban J connectivity index is 1.90. The molecule has 24 heavy (non-hydrogen) atoms. The minimum atomic E-state index is -4.43. The summed E-state index contributed by atoms with van der Waals surface area (Å²) in [6.45, 7) is 1.64. The summed E-state index contributed by atoms with van der Waals surface area (Å²) >= 11 is 0. The SMILES string of the molecule is CN1CCCN(C(=O)NCc2cccnc2OCC(F)(F)F)CC1. The van der Waals surface area contributed by atoms with Gasteiger partial charge >= 0.3 is 12.2 Å². The number of rotatable bonds is 4. The van der Waals surface area contributed by atoms with Crippen LogP contribution in [0.5, 0.6) is 5.88 Å². The van der Waals surface area contributed by atoms with E-state index in [-0.39, 0.29) is 18.5 Å². The Kier molecular flexibility index (Phi) is 6.24. The van der Waals surface area contributed by atoms with Gasteiger partial charge in [-0.3, -0.25) is 0 Å². The van der Waals surface area contributed by atoms with E-state index >= 15 is 0 Å². The lowest BCUT2D eigenvalue weighted by atomic mass is 10.2. The van der Waals surface area contributed by atoms with Crippen molar-refractivity contribution < 1.29 is 22.7 Å². The number of aromatic nitrogens is 1. The summed E-state index contributed by atoms with van der Waals surface area (Å²) in [5.74, 6) is -0.120. The van der Waals surface area contributed by atoms with Crippen LogP contribution in [0.1, 0.15) is 12.0 Å². The number of carbonyl (C=O) groups is 1. The van der Waals surface area contributed by atoms with Crippen LogP contribution in [-0.2, 0) is 6.54 Å². The van der Waals surface area contributed by atoms with Crippen molar-refractivity contribution in [2.24, 2.45) is 0 Å². The maximum Gasteiger partial charge on any atom is 0.422 e. The highest BCUT2D eigenvalue weighted by atomic mass is 19.4. The number of hydrogen-bond acceptors (Lipinski definition) is 4. The highest BCUT2D eigenvalue weighted by Crippen LogP contribution is 2.19. The minimum absolute atomic E-state index is 0.0617. The fourth-order valence-electron chi connectivity index (χ4n) is 2.37. The summed E-state index contributed by atoms with van der Waals surface area (Å²) < 4.78 is 41.5. The van der Waals surface area contributed by atoms with E-state index in [0.717, 1.165) is 19.5 Å². The molecule has 2 rings (SSSR count). The van der Waals surface area contributed by atoms with Crippen LogP contribution in [0.15, 0.2) is 18.3 Å². The van der Waals surface area contributed by atoms with E-state index in [1.807, 2.05) is 7.05 Å². The number of halogens is 3. The predicted molar refractivity (Wildman–Crippen MR) is 81.7 cm³/mol. The Labute approximate surface area is 138 Å². The van der Waals surface area contributed by atoms with Crippen molar-refractivity contribution in [3.8, 4) is 5.88 Å². The van der Waals surface area contributed by atoms with E-state index in [9.17, 15) is 18.0 Å². The molecule has 0 bridgehead atoms. The Morgan fingerprint density at radius 3 is 2.88 bits per heavy atom. The first kappa shape index (κ1) is 18.3. The highest BCUT2D eigenvalue weighted by Gasteiger charge is 2.29. The fraction of sp³-hybridized carbons (Fsp3) is 0.600. The molecule has 134 valence electrons. The number of pyridine rings is 1. The molecule has 1 fully saturated rings. The van der Waals surface area contributed by atoms with Crippen LogP contribution < -0.4 is 10.1 Å².